The molecule has 1 aliphatic carbocycles. The van der Waals surface area contributed by atoms with Crippen LogP contribution in [0.1, 0.15) is 26.7 Å². The van der Waals surface area contributed by atoms with E-state index in [4.69, 9.17) is 16.3 Å². The van der Waals surface area contributed by atoms with Crippen LogP contribution in [0.5, 0.6) is 0 Å². The van der Waals surface area contributed by atoms with Gasteiger partial charge in [-0.3, -0.25) is 0 Å². The number of rotatable bonds is 2. The van der Waals surface area contributed by atoms with Gasteiger partial charge in [-0.05, 0) is 32.8 Å². The molecule has 0 atom stereocenters. The third kappa shape index (κ3) is 2.58. The van der Waals surface area contributed by atoms with Gasteiger partial charge in [0.05, 0.1) is 11.1 Å². The highest BCUT2D eigenvalue weighted by Gasteiger charge is 2.07. The van der Waals surface area contributed by atoms with Gasteiger partial charge < -0.3 is 4.74 Å². The molecule has 0 amide bonds. The molecule has 0 unspecified atom stereocenters. The molecule has 0 bridgehead atoms. The average molecular weight is 173 g/mol. The minimum Gasteiger partial charge on any atom is -0.490 e. The Bertz CT molecular complexity index is 192. The molecule has 0 radical (unpaired) electrons. The largest absolute Gasteiger partial charge is 0.490 e. The van der Waals surface area contributed by atoms with E-state index in [0.29, 0.717) is 0 Å². The second-order valence-corrected chi connectivity index (χ2v) is 3.33. The highest BCUT2D eigenvalue weighted by atomic mass is 35.5. The molecule has 0 aromatic carbocycles. The molecule has 0 heterocycles. The monoisotopic (exact) mass is 172 g/mol. The van der Waals surface area contributed by atoms with E-state index in [0.717, 1.165) is 23.6 Å². The summed E-state index contributed by atoms with van der Waals surface area (Å²) in [6.07, 6.45) is 6.20. The van der Waals surface area contributed by atoms with Crippen LogP contribution in [0.15, 0.2) is 22.9 Å². The molecule has 0 saturated carbocycles. The quantitative estimate of drug-likeness (QED) is 0.622. The summed E-state index contributed by atoms with van der Waals surface area (Å²) in [6, 6.07) is 0. The Kier molecular flexibility index (Phi) is 3.01. The predicted octanol–water partition coefficient (Wildman–Crippen LogP) is 3.21. The molecular weight excluding hydrogens is 160 g/mol. The molecule has 62 valence electrons. The van der Waals surface area contributed by atoms with E-state index < -0.39 is 0 Å². The highest BCUT2D eigenvalue weighted by molar-refractivity contribution is 6.30. The Morgan fingerprint density at radius 2 is 2.27 bits per heavy atom. The van der Waals surface area contributed by atoms with Gasteiger partial charge in [-0.1, -0.05) is 17.7 Å². The van der Waals surface area contributed by atoms with Gasteiger partial charge >= 0.3 is 0 Å². The summed E-state index contributed by atoms with van der Waals surface area (Å²) in [5.41, 5.74) is 0. The Morgan fingerprint density at radius 3 is 2.82 bits per heavy atom. The van der Waals surface area contributed by atoms with Crippen LogP contribution in [-0.4, -0.2) is 6.10 Å². The van der Waals surface area contributed by atoms with Crippen LogP contribution in [0.2, 0.25) is 0 Å². The Balaban J connectivity index is 2.60. The fraction of sp³-hybridized carbons (Fsp3) is 0.556. The van der Waals surface area contributed by atoms with Gasteiger partial charge in [-0.15, -0.1) is 0 Å². The first-order chi connectivity index (χ1) is 5.20. The smallest absolute Gasteiger partial charge is 0.133 e. The van der Waals surface area contributed by atoms with Gasteiger partial charge in [0.15, 0.2) is 0 Å². The third-order valence-electron chi connectivity index (χ3n) is 1.43. The number of allylic oxidation sites excluding steroid dienone is 3. The van der Waals surface area contributed by atoms with Crippen molar-refractivity contribution in [1.82, 2.24) is 0 Å². The van der Waals surface area contributed by atoms with Crippen molar-refractivity contribution >= 4 is 11.6 Å². The standard InChI is InChI=1S/C9H13ClO/c1-7(2)11-9-6-4-3-5-8(9)10/h4,6-7H,3,5H2,1-2H3. The summed E-state index contributed by atoms with van der Waals surface area (Å²) < 4.78 is 5.46. The Labute approximate surface area is 72.7 Å². The highest BCUT2D eigenvalue weighted by Crippen LogP contribution is 2.23. The van der Waals surface area contributed by atoms with Crippen molar-refractivity contribution in [2.24, 2.45) is 0 Å². The SMILES string of the molecule is CC(C)OC1=C(Cl)CCC=C1. The molecule has 1 rings (SSSR count). The Morgan fingerprint density at radius 1 is 1.55 bits per heavy atom. The fourth-order valence-corrected chi connectivity index (χ4v) is 1.19. The molecule has 1 nitrogen and oxygen atoms in total. The minimum atomic E-state index is 0.210. The molecule has 0 aromatic rings. The zero-order chi connectivity index (χ0) is 8.27. The maximum absolute atomic E-state index is 5.93. The van der Waals surface area contributed by atoms with Crippen LogP contribution in [0, 0.1) is 0 Å². The van der Waals surface area contributed by atoms with Crippen molar-refractivity contribution in [3.05, 3.63) is 22.9 Å². The molecule has 0 aromatic heterocycles. The van der Waals surface area contributed by atoms with Crippen LogP contribution >= 0.6 is 11.6 Å². The summed E-state index contributed by atoms with van der Waals surface area (Å²) in [4.78, 5) is 0. The maximum Gasteiger partial charge on any atom is 0.133 e. The fourth-order valence-electron chi connectivity index (χ4n) is 0.971. The summed E-state index contributed by atoms with van der Waals surface area (Å²) in [5, 5.41) is 0.848. The molecule has 1 aliphatic rings. The zero-order valence-corrected chi connectivity index (χ0v) is 7.69. The summed E-state index contributed by atoms with van der Waals surface area (Å²) in [6.45, 7) is 4.00. The van der Waals surface area contributed by atoms with Gasteiger partial charge in [0, 0.05) is 0 Å². The molecular formula is C9H13ClO. The average Bonchev–Trinajstić information content (AvgIpc) is 1.93. The Hall–Kier alpha value is -0.430. The van der Waals surface area contributed by atoms with Gasteiger partial charge in [0.1, 0.15) is 5.76 Å². The van der Waals surface area contributed by atoms with E-state index in [1.165, 1.54) is 0 Å². The topological polar surface area (TPSA) is 9.23 Å². The van der Waals surface area contributed by atoms with E-state index in [1.54, 1.807) is 0 Å². The van der Waals surface area contributed by atoms with Crippen LogP contribution < -0.4 is 0 Å². The molecule has 0 spiro atoms. The molecule has 0 N–H and O–H groups in total. The van der Waals surface area contributed by atoms with E-state index >= 15 is 0 Å². The van der Waals surface area contributed by atoms with Crippen molar-refractivity contribution in [2.75, 3.05) is 0 Å². The number of halogens is 1. The summed E-state index contributed by atoms with van der Waals surface area (Å²) in [5.74, 6) is 0.841. The molecule has 11 heavy (non-hydrogen) atoms. The zero-order valence-electron chi connectivity index (χ0n) is 6.93. The molecule has 2 heteroatoms. The number of ether oxygens (including phenoxy) is 1. The normalized spacial score (nSPS) is 17.8. The van der Waals surface area contributed by atoms with Crippen molar-refractivity contribution in [3.63, 3.8) is 0 Å². The van der Waals surface area contributed by atoms with Crippen molar-refractivity contribution in [3.8, 4) is 0 Å². The second kappa shape index (κ2) is 3.82. The van der Waals surface area contributed by atoms with E-state index in [-0.39, 0.29) is 6.10 Å². The van der Waals surface area contributed by atoms with Crippen molar-refractivity contribution in [2.45, 2.75) is 32.8 Å². The molecule has 0 aliphatic heterocycles. The maximum atomic E-state index is 5.93. The number of hydrogen-bond acceptors (Lipinski definition) is 1. The first-order valence-electron chi connectivity index (χ1n) is 3.92. The summed E-state index contributed by atoms with van der Waals surface area (Å²) in [7, 11) is 0. The van der Waals surface area contributed by atoms with E-state index in [2.05, 4.69) is 6.08 Å². The lowest BCUT2D eigenvalue weighted by atomic mass is 10.2. The van der Waals surface area contributed by atoms with Crippen LogP contribution in [0.25, 0.3) is 0 Å². The van der Waals surface area contributed by atoms with Gasteiger partial charge in [0.25, 0.3) is 0 Å². The number of hydrogen-bond donors (Lipinski definition) is 0. The first kappa shape index (κ1) is 8.66. The lowest BCUT2D eigenvalue weighted by molar-refractivity contribution is 0.155. The van der Waals surface area contributed by atoms with Crippen molar-refractivity contribution < 1.29 is 4.74 Å². The van der Waals surface area contributed by atoms with Gasteiger partial charge in [-0.2, -0.15) is 0 Å². The third-order valence-corrected chi connectivity index (χ3v) is 1.80. The van der Waals surface area contributed by atoms with Crippen LogP contribution in [0.3, 0.4) is 0 Å². The lowest BCUT2D eigenvalue weighted by Gasteiger charge is -2.14. The second-order valence-electron chi connectivity index (χ2n) is 2.88. The predicted molar refractivity (Wildman–Crippen MR) is 47.5 cm³/mol. The molecule has 0 fully saturated rings. The minimum absolute atomic E-state index is 0.210. The molecule has 0 saturated heterocycles. The van der Waals surface area contributed by atoms with Gasteiger partial charge in [0.2, 0.25) is 0 Å². The summed E-state index contributed by atoms with van der Waals surface area (Å²) >= 11 is 5.93. The first-order valence-corrected chi connectivity index (χ1v) is 4.30. The van der Waals surface area contributed by atoms with Crippen molar-refractivity contribution in [1.29, 1.82) is 0 Å². The van der Waals surface area contributed by atoms with Crippen LogP contribution in [0.4, 0.5) is 0 Å². The van der Waals surface area contributed by atoms with E-state index in [1.807, 2.05) is 19.9 Å². The van der Waals surface area contributed by atoms with Crippen LogP contribution in [-0.2, 0) is 4.74 Å². The lowest BCUT2D eigenvalue weighted by Crippen LogP contribution is -2.03. The van der Waals surface area contributed by atoms with E-state index in [9.17, 15) is 0 Å². The van der Waals surface area contributed by atoms with Gasteiger partial charge in [-0.25, -0.2) is 0 Å².